The number of hydrogen-bond donors (Lipinski definition) is 1. The van der Waals surface area contributed by atoms with Crippen LogP contribution < -0.4 is 4.74 Å². The Labute approximate surface area is 94.3 Å². The molecule has 0 atom stereocenters. The van der Waals surface area contributed by atoms with Crippen LogP contribution in [0.25, 0.3) is 0 Å². The molecule has 5 nitrogen and oxygen atoms in total. The Kier molecular flexibility index (Phi) is 3.89. The molecule has 0 saturated carbocycles. The lowest BCUT2D eigenvalue weighted by Crippen LogP contribution is -2.15. The standard InChI is InChI=1S/C10H13NO4S/c1-15-9-5-3-8(4-6-9)10(11-12)7-16(2,13)14/h3-6,12H,7H2,1-2H3/b11-10+. The molecule has 0 bridgehead atoms. The van der Waals surface area contributed by atoms with Crippen LogP contribution in [0.5, 0.6) is 5.75 Å². The summed E-state index contributed by atoms with van der Waals surface area (Å²) in [7, 11) is -1.69. The molecule has 0 aromatic heterocycles. The third-order valence-corrected chi connectivity index (χ3v) is 2.74. The van der Waals surface area contributed by atoms with Gasteiger partial charge in [-0.25, -0.2) is 8.42 Å². The number of ether oxygens (including phenoxy) is 1. The highest BCUT2D eigenvalue weighted by Gasteiger charge is 2.12. The number of benzene rings is 1. The van der Waals surface area contributed by atoms with E-state index in [2.05, 4.69) is 5.16 Å². The molecule has 1 aromatic carbocycles. The van der Waals surface area contributed by atoms with Crippen LogP contribution >= 0.6 is 0 Å². The predicted octanol–water partition coefficient (Wildman–Crippen LogP) is 0.918. The lowest BCUT2D eigenvalue weighted by molar-refractivity contribution is 0.319. The monoisotopic (exact) mass is 243 g/mol. The minimum Gasteiger partial charge on any atom is -0.497 e. The Morgan fingerprint density at radius 2 is 1.94 bits per heavy atom. The van der Waals surface area contributed by atoms with Crippen LogP contribution in [0.1, 0.15) is 5.56 Å². The van der Waals surface area contributed by atoms with Gasteiger partial charge in [0, 0.05) is 11.8 Å². The molecule has 0 fully saturated rings. The van der Waals surface area contributed by atoms with Crippen LogP contribution in [0.15, 0.2) is 29.4 Å². The van der Waals surface area contributed by atoms with Crippen LogP contribution in [-0.2, 0) is 9.84 Å². The van der Waals surface area contributed by atoms with Crippen molar-refractivity contribution in [3.8, 4) is 5.75 Å². The second kappa shape index (κ2) is 4.98. The number of methoxy groups -OCH3 is 1. The largest absolute Gasteiger partial charge is 0.497 e. The average Bonchev–Trinajstić information content (AvgIpc) is 2.25. The Morgan fingerprint density at radius 1 is 1.38 bits per heavy atom. The molecule has 6 heteroatoms. The van der Waals surface area contributed by atoms with Gasteiger partial charge in [-0.2, -0.15) is 0 Å². The van der Waals surface area contributed by atoms with Gasteiger partial charge >= 0.3 is 0 Å². The molecule has 0 aliphatic heterocycles. The fraction of sp³-hybridized carbons (Fsp3) is 0.300. The van der Waals surface area contributed by atoms with Gasteiger partial charge in [-0.3, -0.25) is 0 Å². The summed E-state index contributed by atoms with van der Waals surface area (Å²) in [5.41, 5.74) is 0.666. The molecule has 0 unspecified atom stereocenters. The first-order valence-electron chi connectivity index (χ1n) is 4.49. The van der Waals surface area contributed by atoms with Crippen molar-refractivity contribution < 1.29 is 18.4 Å². The molecule has 1 aromatic rings. The van der Waals surface area contributed by atoms with Crippen LogP contribution in [0.2, 0.25) is 0 Å². The van der Waals surface area contributed by atoms with Gasteiger partial charge in [-0.1, -0.05) is 5.16 Å². The molecule has 0 saturated heterocycles. The minimum absolute atomic E-state index is 0.116. The van der Waals surface area contributed by atoms with Crippen LogP contribution in [-0.4, -0.2) is 38.5 Å². The van der Waals surface area contributed by atoms with E-state index in [4.69, 9.17) is 9.94 Å². The Hall–Kier alpha value is -1.56. The van der Waals surface area contributed by atoms with Crippen molar-refractivity contribution in [3.05, 3.63) is 29.8 Å². The number of oxime groups is 1. The molecule has 0 amide bonds. The SMILES string of the molecule is COc1ccc(/C(CS(C)(=O)=O)=N/O)cc1. The van der Waals surface area contributed by atoms with E-state index in [9.17, 15) is 8.42 Å². The molecule has 88 valence electrons. The number of nitrogens with zero attached hydrogens (tertiary/aromatic N) is 1. The van der Waals surface area contributed by atoms with Gasteiger partial charge in [-0.05, 0) is 24.3 Å². The fourth-order valence-corrected chi connectivity index (χ4v) is 1.92. The molecule has 0 heterocycles. The molecule has 0 radical (unpaired) electrons. The molecule has 0 aliphatic carbocycles. The maximum absolute atomic E-state index is 11.1. The van der Waals surface area contributed by atoms with E-state index in [-0.39, 0.29) is 11.5 Å². The van der Waals surface area contributed by atoms with Crippen LogP contribution in [0, 0.1) is 0 Å². The van der Waals surface area contributed by atoms with E-state index in [1.807, 2.05) is 0 Å². The summed E-state index contributed by atoms with van der Waals surface area (Å²) in [4.78, 5) is 0. The van der Waals surface area contributed by atoms with Crippen molar-refractivity contribution in [2.45, 2.75) is 0 Å². The van der Waals surface area contributed by atoms with E-state index >= 15 is 0 Å². The van der Waals surface area contributed by atoms with Crippen molar-refractivity contribution >= 4 is 15.5 Å². The molecule has 1 rings (SSSR count). The maximum Gasteiger partial charge on any atom is 0.153 e. The van der Waals surface area contributed by atoms with E-state index in [0.717, 1.165) is 6.26 Å². The molecule has 16 heavy (non-hydrogen) atoms. The molecule has 0 aliphatic rings. The van der Waals surface area contributed by atoms with Crippen molar-refractivity contribution in [2.75, 3.05) is 19.1 Å². The zero-order chi connectivity index (χ0) is 12.2. The van der Waals surface area contributed by atoms with Gasteiger partial charge in [0.2, 0.25) is 0 Å². The van der Waals surface area contributed by atoms with Gasteiger partial charge in [-0.15, -0.1) is 0 Å². The number of sulfone groups is 1. The van der Waals surface area contributed by atoms with Gasteiger partial charge in [0.25, 0.3) is 0 Å². The Balaban J connectivity index is 2.97. The highest BCUT2D eigenvalue weighted by Crippen LogP contribution is 2.12. The van der Waals surface area contributed by atoms with Gasteiger partial charge in [0.05, 0.1) is 12.9 Å². The van der Waals surface area contributed by atoms with E-state index < -0.39 is 9.84 Å². The minimum atomic E-state index is -3.22. The first-order chi connectivity index (χ1) is 7.46. The summed E-state index contributed by atoms with van der Waals surface area (Å²) in [6.45, 7) is 0. The lowest BCUT2D eigenvalue weighted by Gasteiger charge is -2.04. The highest BCUT2D eigenvalue weighted by molar-refractivity contribution is 7.91. The Bertz CT molecular complexity index is 476. The first-order valence-corrected chi connectivity index (χ1v) is 6.55. The fourth-order valence-electron chi connectivity index (χ4n) is 1.20. The number of hydrogen-bond acceptors (Lipinski definition) is 5. The van der Waals surface area contributed by atoms with Crippen molar-refractivity contribution in [3.63, 3.8) is 0 Å². The quantitative estimate of drug-likeness (QED) is 0.484. The third kappa shape index (κ3) is 3.54. The normalized spacial score (nSPS) is 12.5. The summed E-state index contributed by atoms with van der Waals surface area (Å²) in [6.07, 6.45) is 1.09. The second-order valence-electron chi connectivity index (χ2n) is 3.35. The van der Waals surface area contributed by atoms with Crippen molar-refractivity contribution in [1.29, 1.82) is 0 Å². The van der Waals surface area contributed by atoms with Crippen molar-refractivity contribution in [2.24, 2.45) is 5.16 Å². The zero-order valence-corrected chi connectivity index (χ0v) is 9.86. The van der Waals surface area contributed by atoms with Gasteiger partial charge < -0.3 is 9.94 Å². The molecular weight excluding hydrogens is 230 g/mol. The Morgan fingerprint density at radius 3 is 2.31 bits per heavy atom. The third-order valence-electron chi connectivity index (χ3n) is 1.94. The maximum atomic E-state index is 11.1. The summed E-state index contributed by atoms with van der Waals surface area (Å²) >= 11 is 0. The van der Waals surface area contributed by atoms with E-state index in [0.29, 0.717) is 11.3 Å². The van der Waals surface area contributed by atoms with Crippen LogP contribution in [0.4, 0.5) is 0 Å². The molecule has 0 spiro atoms. The average molecular weight is 243 g/mol. The summed E-state index contributed by atoms with van der Waals surface area (Å²) in [6, 6.07) is 6.61. The predicted molar refractivity (Wildman–Crippen MR) is 61.0 cm³/mol. The zero-order valence-electron chi connectivity index (χ0n) is 9.04. The molecule has 1 N–H and O–H groups in total. The molecular formula is C10H13NO4S. The van der Waals surface area contributed by atoms with Gasteiger partial charge in [0.15, 0.2) is 9.84 Å². The first kappa shape index (κ1) is 12.5. The van der Waals surface area contributed by atoms with E-state index in [1.165, 1.54) is 7.11 Å². The summed E-state index contributed by atoms with van der Waals surface area (Å²) in [5.74, 6) is 0.357. The number of rotatable bonds is 4. The second-order valence-corrected chi connectivity index (χ2v) is 5.49. The smallest absolute Gasteiger partial charge is 0.153 e. The lowest BCUT2D eigenvalue weighted by atomic mass is 10.1. The highest BCUT2D eigenvalue weighted by atomic mass is 32.2. The topological polar surface area (TPSA) is 76.0 Å². The summed E-state index contributed by atoms with van der Waals surface area (Å²) < 4.78 is 27.1. The van der Waals surface area contributed by atoms with Crippen molar-refractivity contribution in [1.82, 2.24) is 0 Å². The summed E-state index contributed by atoms with van der Waals surface area (Å²) in [5, 5.41) is 11.8. The van der Waals surface area contributed by atoms with Gasteiger partial charge in [0.1, 0.15) is 11.5 Å². The van der Waals surface area contributed by atoms with E-state index in [1.54, 1.807) is 24.3 Å². The van der Waals surface area contributed by atoms with Crippen LogP contribution in [0.3, 0.4) is 0 Å².